The second-order valence-corrected chi connectivity index (χ2v) is 0. The molecule has 0 aliphatic carbocycles. The summed E-state index contributed by atoms with van der Waals surface area (Å²) in [5.41, 5.74) is 0. The Balaban J connectivity index is 0. The molecule has 0 N–H and O–H groups in total. The summed E-state index contributed by atoms with van der Waals surface area (Å²) in [5.74, 6) is 0. The molecule has 0 saturated heterocycles. The van der Waals surface area contributed by atoms with E-state index in [0.717, 1.165) is 0 Å². The number of nitrogens with zero attached hydrogens (tertiary/aromatic N) is 3. The van der Waals surface area contributed by atoms with Crippen LogP contribution in [-0.2, 0) is 16.4 Å². The zero-order valence-corrected chi connectivity index (χ0v) is 21.9. The maximum absolute atomic E-state index is 0. The molecule has 11 heavy (non-hydrogen) atoms. The summed E-state index contributed by atoms with van der Waals surface area (Å²) >= 11 is 0. The van der Waals surface area contributed by atoms with E-state index in [4.69, 9.17) is 0 Å². The molecular formula is In5N3O3. The average Bonchev–Trinajstić information content (AvgIpc) is 0. The zero-order valence-electron chi connectivity index (χ0n) is 5.45. The van der Waals surface area contributed by atoms with Gasteiger partial charge in [-0.2, -0.15) is 0 Å². The van der Waals surface area contributed by atoms with Gasteiger partial charge in [-0.15, -0.1) is 0 Å². The number of hydrogen-bond donors (Lipinski definition) is 0. The third kappa shape index (κ3) is 122. The van der Waals surface area contributed by atoms with Crippen LogP contribution in [0.15, 0.2) is 0 Å². The Kier molecular flexibility index (Phi) is 2320. The summed E-state index contributed by atoms with van der Waals surface area (Å²) in [4.78, 5) is 0. The first-order valence-corrected chi connectivity index (χ1v) is 0. The molecule has 0 heterocycles. The topological polar surface area (TPSA) is 177 Å². The van der Waals surface area contributed by atoms with Gasteiger partial charge < -0.3 is 34.9 Å². The summed E-state index contributed by atoms with van der Waals surface area (Å²) in [7, 11) is 0. The Hall–Kier alpha value is 4.11. The molecule has 0 atom stereocenters. The molecule has 0 aromatic heterocycles. The van der Waals surface area contributed by atoms with Crippen molar-refractivity contribution in [1.82, 2.24) is 0 Å². The molecule has 0 radical (unpaired) electrons. The summed E-state index contributed by atoms with van der Waals surface area (Å²) in [6, 6.07) is 0. The van der Waals surface area contributed by atoms with Gasteiger partial charge in [-0.25, -0.2) is 0 Å². The van der Waals surface area contributed by atoms with Crippen LogP contribution in [0, 0.1) is 0 Å². The van der Waals surface area contributed by atoms with Crippen LogP contribution in [0.5, 0.6) is 0 Å². The Morgan fingerprint density at radius 1 is 0.273 bits per heavy atom. The maximum atomic E-state index is 0. The zero-order chi connectivity index (χ0) is 0. The smallest absolute Gasteiger partial charge is 3.00 e. The van der Waals surface area contributed by atoms with Crippen molar-refractivity contribution < 1.29 is 16.4 Å². The van der Waals surface area contributed by atoms with Crippen molar-refractivity contribution in [1.29, 1.82) is 0 Å². The van der Waals surface area contributed by atoms with Gasteiger partial charge in [-0.3, -0.25) is 0 Å². The van der Waals surface area contributed by atoms with E-state index in [2.05, 4.69) is 0 Å². The van der Waals surface area contributed by atoms with Crippen LogP contribution in [0.2, 0.25) is 0 Å². The van der Waals surface area contributed by atoms with Gasteiger partial charge in [-0.1, -0.05) is 0 Å². The number of rotatable bonds is 0. The third-order valence-electron chi connectivity index (χ3n) is 0. The molecule has 0 aliphatic rings. The van der Waals surface area contributed by atoms with E-state index in [-0.39, 0.29) is 164 Å². The molecule has 0 aromatic carbocycles. The molecule has 6 nitrogen and oxygen atoms in total. The van der Waals surface area contributed by atoms with E-state index in [9.17, 15) is 0 Å². The summed E-state index contributed by atoms with van der Waals surface area (Å²) < 4.78 is 0. The fourth-order valence-electron chi connectivity index (χ4n) is 0. The van der Waals surface area contributed by atoms with Crippen LogP contribution in [-0.4, -0.2) is 129 Å². The minimum Gasteiger partial charge on any atom is -3.00 e. The molecule has 0 amide bonds. The van der Waals surface area contributed by atoms with Gasteiger partial charge in [0.1, 0.15) is 0 Å². The fraction of sp³-hybridized carbons (Fsp3) is 0. The standard InChI is InChI=1S/5In.3N.3O/q5*+3;3*-3;3*-2. The number of hydrogen-bond acceptors (Lipinski definition) is 0. The van der Waals surface area contributed by atoms with Gasteiger partial charge in [0, 0.05) is 0 Å². The molecule has 0 fully saturated rings. The van der Waals surface area contributed by atoms with E-state index >= 15 is 0 Å². The normalized spacial score (nSPS) is 0. The Bertz CT molecular complexity index is 16.9. The van der Waals surface area contributed by atoms with Crippen LogP contribution >= 0.6 is 0 Å². The average molecular weight is 664 g/mol. The van der Waals surface area contributed by atoms with Gasteiger partial charge in [0.25, 0.3) is 0 Å². The minimum absolute atomic E-state index is 0. The predicted molar refractivity (Wildman–Crippen MR) is 40.9 cm³/mol. The molecule has 0 spiro atoms. The predicted octanol–water partition coefficient (Wildman–Crippen LogP) is -1.39. The van der Waals surface area contributed by atoms with E-state index in [1.807, 2.05) is 0 Å². The first-order chi connectivity index (χ1) is 0. The van der Waals surface area contributed by atoms with Crippen molar-refractivity contribution in [3.63, 3.8) is 0 Å². The second kappa shape index (κ2) is 144. The second-order valence-electron chi connectivity index (χ2n) is 0. The first-order valence-electron chi connectivity index (χ1n) is 0. The van der Waals surface area contributed by atoms with E-state index in [1.165, 1.54) is 0 Å². The molecule has 48 valence electrons. The van der Waals surface area contributed by atoms with Crippen LogP contribution in [0.4, 0.5) is 0 Å². The molecule has 0 saturated carbocycles. The Morgan fingerprint density at radius 2 is 0.273 bits per heavy atom. The SMILES string of the molecule is [In+3].[In+3].[In+3].[In+3].[In+3].[N-3].[N-3].[N-3].[O-2].[O-2].[O-2]. The Labute approximate surface area is 161 Å². The van der Waals surface area contributed by atoms with Crippen LogP contribution in [0.3, 0.4) is 0 Å². The van der Waals surface area contributed by atoms with Crippen molar-refractivity contribution in [2.45, 2.75) is 0 Å². The Morgan fingerprint density at radius 3 is 0.273 bits per heavy atom. The fourth-order valence-corrected chi connectivity index (χ4v) is 0. The van der Waals surface area contributed by atoms with Crippen molar-refractivity contribution in [3.05, 3.63) is 18.5 Å². The molecule has 11 heteroatoms. The minimum atomic E-state index is 0. The van der Waals surface area contributed by atoms with Crippen molar-refractivity contribution in [2.24, 2.45) is 0 Å². The van der Waals surface area contributed by atoms with Gasteiger partial charge in [0.05, 0.1) is 0 Å². The maximum Gasteiger partial charge on any atom is 3.00 e. The molecule has 0 aliphatic heterocycles. The van der Waals surface area contributed by atoms with Crippen LogP contribution in [0.1, 0.15) is 0 Å². The van der Waals surface area contributed by atoms with Crippen molar-refractivity contribution >= 4 is 129 Å². The van der Waals surface area contributed by atoms with Gasteiger partial charge in [0.15, 0.2) is 0 Å². The largest absolute Gasteiger partial charge is 3.00 e. The summed E-state index contributed by atoms with van der Waals surface area (Å²) in [6.45, 7) is 0. The van der Waals surface area contributed by atoms with Crippen molar-refractivity contribution in [2.75, 3.05) is 0 Å². The molecule has 0 aromatic rings. The van der Waals surface area contributed by atoms with Gasteiger partial charge >= 0.3 is 129 Å². The monoisotopic (exact) mass is 665 g/mol. The third-order valence-corrected chi connectivity index (χ3v) is 0. The summed E-state index contributed by atoms with van der Waals surface area (Å²) in [6.07, 6.45) is 0. The van der Waals surface area contributed by atoms with E-state index < -0.39 is 0 Å². The van der Waals surface area contributed by atoms with Crippen LogP contribution in [0.25, 0.3) is 18.5 Å². The quantitative estimate of drug-likeness (QED) is 0.297. The first kappa shape index (κ1) is 178. The van der Waals surface area contributed by atoms with E-state index in [0.29, 0.717) is 0 Å². The van der Waals surface area contributed by atoms with Gasteiger partial charge in [0.2, 0.25) is 0 Å². The van der Waals surface area contributed by atoms with Crippen LogP contribution < -0.4 is 0 Å². The molecule has 0 unspecified atom stereocenters. The molecule has 0 rings (SSSR count). The van der Waals surface area contributed by atoms with E-state index in [1.54, 1.807) is 0 Å². The van der Waals surface area contributed by atoms with Crippen molar-refractivity contribution in [3.8, 4) is 0 Å². The molecular weight excluding hydrogens is 664 g/mol. The summed E-state index contributed by atoms with van der Waals surface area (Å²) in [5, 5.41) is 0. The van der Waals surface area contributed by atoms with Gasteiger partial charge in [-0.05, 0) is 0 Å². The molecule has 0 bridgehead atoms.